The summed E-state index contributed by atoms with van der Waals surface area (Å²) in [5, 5.41) is 0. The van der Waals surface area contributed by atoms with Gasteiger partial charge in [-0.1, -0.05) is 19.1 Å². The van der Waals surface area contributed by atoms with Gasteiger partial charge in [-0.15, -0.1) is 0 Å². The summed E-state index contributed by atoms with van der Waals surface area (Å²) in [7, 11) is 3.50. The second-order valence-corrected chi connectivity index (χ2v) is 6.26. The molecule has 0 bridgehead atoms. The van der Waals surface area contributed by atoms with E-state index in [0.29, 0.717) is 24.0 Å². The molecule has 5 nitrogen and oxygen atoms in total. The Morgan fingerprint density at radius 1 is 1.36 bits per heavy atom. The SMILES string of the molecule is CC1CCCN(C(N)=NCc2ccc(C(=O)N(C)C)cc2)C1. The lowest BCUT2D eigenvalue weighted by Gasteiger charge is -2.31. The number of nitrogens with two attached hydrogens (primary N) is 1. The van der Waals surface area contributed by atoms with Crippen LogP contribution < -0.4 is 5.73 Å². The van der Waals surface area contributed by atoms with Crippen LogP contribution in [0.1, 0.15) is 35.7 Å². The van der Waals surface area contributed by atoms with Crippen molar-refractivity contribution < 1.29 is 4.79 Å². The van der Waals surface area contributed by atoms with Gasteiger partial charge in [0.1, 0.15) is 0 Å². The second-order valence-electron chi connectivity index (χ2n) is 6.26. The fourth-order valence-electron chi connectivity index (χ4n) is 2.68. The molecule has 0 aliphatic carbocycles. The highest BCUT2D eigenvalue weighted by atomic mass is 16.2. The largest absolute Gasteiger partial charge is 0.370 e. The van der Waals surface area contributed by atoms with Gasteiger partial charge in [-0.05, 0) is 36.5 Å². The third-order valence-electron chi connectivity index (χ3n) is 4.01. The number of aliphatic imine (C=N–C) groups is 1. The number of guanidine groups is 1. The molecule has 22 heavy (non-hydrogen) atoms. The third kappa shape index (κ3) is 4.23. The van der Waals surface area contributed by atoms with Gasteiger partial charge < -0.3 is 15.5 Å². The Bertz CT molecular complexity index is 536. The average molecular weight is 302 g/mol. The van der Waals surface area contributed by atoms with E-state index in [0.717, 1.165) is 18.7 Å². The molecule has 1 heterocycles. The van der Waals surface area contributed by atoms with E-state index in [4.69, 9.17) is 5.73 Å². The topological polar surface area (TPSA) is 61.9 Å². The summed E-state index contributed by atoms with van der Waals surface area (Å²) in [4.78, 5) is 20.1. The van der Waals surface area contributed by atoms with Gasteiger partial charge in [0.25, 0.3) is 5.91 Å². The number of piperidine rings is 1. The van der Waals surface area contributed by atoms with Crippen molar-refractivity contribution in [2.45, 2.75) is 26.3 Å². The van der Waals surface area contributed by atoms with E-state index in [-0.39, 0.29) is 5.91 Å². The molecule has 1 amide bonds. The van der Waals surface area contributed by atoms with Crippen LogP contribution in [0.15, 0.2) is 29.3 Å². The van der Waals surface area contributed by atoms with Gasteiger partial charge >= 0.3 is 0 Å². The molecule has 0 aromatic heterocycles. The maximum atomic E-state index is 11.8. The summed E-state index contributed by atoms with van der Waals surface area (Å²) in [6, 6.07) is 7.55. The molecule has 0 saturated carbocycles. The number of carbonyl (C=O) groups is 1. The Balaban J connectivity index is 1.96. The standard InChI is InChI=1S/C17H26N4O/c1-13-5-4-10-21(12-13)17(18)19-11-14-6-8-15(9-7-14)16(22)20(2)3/h6-9,13H,4-5,10-12H2,1-3H3,(H2,18,19). The molecule has 1 aromatic carbocycles. The number of benzene rings is 1. The third-order valence-corrected chi connectivity index (χ3v) is 4.01. The number of likely N-dealkylation sites (tertiary alicyclic amines) is 1. The van der Waals surface area contributed by atoms with Crippen LogP contribution in [0.4, 0.5) is 0 Å². The van der Waals surface area contributed by atoms with Crippen molar-refractivity contribution in [2.24, 2.45) is 16.6 Å². The first kappa shape index (κ1) is 16.3. The fraction of sp³-hybridized carbons (Fsp3) is 0.529. The van der Waals surface area contributed by atoms with Crippen LogP contribution in [0.2, 0.25) is 0 Å². The Morgan fingerprint density at radius 3 is 2.64 bits per heavy atom. The van der Waals surface area contributed by atoms with E-state index in [1.807, 2.05) is 24.3 Å². The Labute approximate surface area is 132 Å². The molecule has 120 valence electrons. The van der Waals surface area contributed by atoms with Gasteiger partial charge in [0.15, 0.2) is 5.96 Å². The van der Waals surface area contributed by atoms with Crippen LogP contribution in [-0.4, -0.2) is 48.9 Å². The van der Waals surface area contributed by atoms with Crippen LogP contribution in [0.5, 0.6) is 0 Å². The molecule has 1 aromatic rings. The zero-order chi connectivity index (χ0) is 16.1. The lowest BCUT2D eigenvalue weighted by Crippen LogP contribution is -2.43. The van der Waals surface area contributed by atoms with Gasteiger partial charge in [0.05, 0.1) is 6.54 Å². The Kier molecular flexibility index (Phi) is 5.41. The van der Waals surface area contributed by atoms with Crippen LogP contribution in [0.3, 0.4) is 0 Å². The van der Waals surface area contributed by atoms with Gasteiger partial charge in [-0.25, -0.2) is 4.99 Å². The van der Waals surface area contributed by atoms with Crippen molar-refractivity contribution in [2.75, 3.05) is 27.2 Å². The van der Waals surface area contributed by atoms with Gasteiger partial charge in [-0.2, -0.15) is 0 Å². The van der Waals surface area contributed by atoms with Crippen molar-refractivity contribution >= 4 is 11.9 Å². The molecule has 2 N–H and O–H groups in total. The zero-order valence-electron chi connectivity index (χ0n) is 13.7. The minimum absolute atomic E-state index is 0.0110. The summed E-state index contributed by atoms with van der Waals surface area (Å²) in [6.07, 6.45) is 2.45. The zero-order valence-corrected chi connectivity index (χ0v) is 13.7. The van der Waals surface area contributed by atoms with E-state index in [9.17, 15) is 4.79 Å². The molecule has 1 aliphatic heterocycles. The predicted molar refractivity (Wildman–Crippen MR) is 89.8 cm³/mol. The molecule has 5 heteroatoms. The number of amides is 1. The highest BCUT2D eigenvalue weighted by Gasteiger charge is 2.17. The summed E-state index contributed by atoms with van der Waals surface area (Å²) in [6.45, 7) is 4.79. The first-order chi connectivity index (χ1) is 10.5. The average Bonchev–Trinajstić information content (AvgIpc) is 2.52. The van der Waals surface area contributed by atoms with Crippen LogP contribution >= 0.6 is 0 Å². The van der Waals surface area contributed by atoms with Crippen LogP contribution in [-0.2, 0) is 6.54 Å². The number of nitrogens with zero attached hydrogens (tertiary/aromatic N) is 3. The molecule has 0 spiro atoms. The van der Waals surface area contributed by atoms with Crippen molar-refractivity contribution in [3.8, 4) is 0 Å². The van der Waals surface area contributed by atoms with Crippen molar-refractivity contribution in [3.05, 3.63) is 35.4 Å². The lowest BCUT2D eigenvalue weighted by atomic mass is 10.0. The fourth-order valence-corrected chi connectivity index (χ4v) is 2.68. The monoisotopic (exact) mass is 302 g/mol. The van der Waals surface area contributed by atoms with Crippen molar-refractivity contribution in [3.63, 3.8) is 0 Å². The van der Waals surface area contributed by atoms with Crippen LogP contribution in [0, 0.1) is 5.92 Å². The Morgan fingerprint density at radius 2 is 2.05 bits per heavy atom. The van der Waals surface area contributed by atoms with E-state index in [1.54, 1.807) is 19.0 Å². The van der Waals surface area contributed by atoms with Gasteiger partial charge in [0.2, 0.25) is 0 Å². The number of carbonyl (C=O) groups excluding carboxylic acids is 1. The smallest absolute Gasteiger partial charge is 0.253 e. The normalized spacial score (nSPS) is 19.1. The minimum Gasteiger partial charge on any atom is -0.370 e. The first-order valence-electron chi connectivity index (χ1n) is 7.83. The maximum absolute atomic E-state index is 11.8. The van der Waals surface area contributed by atoms with E-state index < -0.39 is 0 Å². The molecule has 2 rings (SSSR count). The molecule has 1 fully saturated rings. The summed E-state index contributed by atoms with van der Waals surface area (Å²) >= 11 is 0. The predicted octanol–water partition coefficient (Wildman–Crippen LogP) is 1.93. The molecule has 1 aliphatic rings. The van der Waals surface area contributed by atoms with Gasteiger partial charge in [-0.3, -0.25) is 4.79 Å². The molecular weight excluding hydrogens is 276 g/mol. The number of hydrogen-bond acceptors (Lipinski definition) is 2. The van der Waals surface area contributed by atoms with E-state index in [2.05, 4.69) is 16.8 Å². The quantitative estimate of drug-likeness (QED) is 0.685. The summed E-state index contributed by atoms with van der Waals surface area (Å²) < 4.78 is 0. The first-order valence-corrected chi connectivity index (χ1v) is 7.83. The summed E-state index contributed by atoms with van der Waals surface area (Å²) in [5.74, 6) is 1.32. The lowest BCUT2D eigenvalue weighted by molar-refractivity contribution is 0.0827. The maximum Gasteiger partial charge on any atom is 0.253 e. The van der Waals surface area contributed by atoms with Gasteiger partial charge in [0, 0.05) is 32.7 Å². The molecular formula is C17H26N4O. The van der Waals surface area contributed by atoms with E-state index >= 15 is 0 Å². The minimum atomic E-state index is 0.0110. The molecule has 1 unspecified atom stereocenters. The molecule has 1 atom stereocenters. The molecule has 1 saturated heterocycles. The molecule has 0 radical (unpaired) electrons. The second kappa shape index (κ2) is 7.29. The highest BCUT2D eigenvalue weighted by molar-refractivity contribution is 5.93. The Hall–Kier alpha value is -2.04. The van der Waals surface area contributed by atoms with E-state index in [1.165, 1.54) is 12.8 Å². The van der Waals surface area contributed by atoms with Crippen molar-refractivity contribution in [1.82, 2.24) is 9.80 Å². The number of rotatable bonds is 3. The summed E-state index contributed by atoms with van der Waals surface area (Å²) in [5.41, 5.74) is 7.84. The van der Waals surface area contributed by atoms with Crippen molar-refractivity contribution in [1.29, 1.82) is 0 Å². The number of hydrogen-bond donors (Lipinski definition) is 1. The van der Waals surface area contributed by atoms with Crippen LogP contribution in [0.25, 0.3) is 0 Å². The highest BCUT2D eigenvalue weighted by Crippen LogP contribution is 2.15.